The van der Waals surface area contributed by atoms with E-state index in [4.69, 9.17) is 4.52 Å². The van der Waals surface area contributed by atoms with Gasteiger partial charge >= 0.3 is 0 Å². The van der Waals surface area contributed by atoms with E-state index in [0.29, 0.717) is 19.0 Å². The Kier molecular flexibility index (Phi) is 5.54. The lowest BCUT2D eigenvalue weighted by Crippen LogP contribution is -2.47. The maximum Gasteiger partial charge on any atom is 0.266 e. The molecule has 0 N–H and O–H groups in total. The molecule has 0 saturated carbocycles. The molecule has 0 bridgehead atoms. The Labute approximate surface area is 162 Å². The van der Waals surface area contributed by atoms with Crippen LogP contribution in [0.25, 0.3) is 11.3 Å². The summed E-state index contributed by atoms with van der Waals surface area (Å²) in [7, 11) is 0. The average Bonchev–Trinajstić information content (AvgIpc) is 3.14. The van der Waals surface area contributed by atoms with E-state index in [-0.39, 0.29) is 5.56 Å². The van der Waals surface area contributed by atoms with Crippen LogP contribution in [-0.4, -0.2) is 67.4 Å². The molecule has 0 radical (unpaired) electrons. The zero-order valence-electron chi connectivity index (χ0n) is 15.9. The third kappa shape index (κ3) is 4.49. The van der Waals surface area contributed by atoms with Crippen molar-refractivity contribution >= 4 is 0 Å². The summed E-state index contributed by atoms with van der Waals surface area (Å²) in [6.45, 7) is 7.61. The first kappa shape index (κ1) is 18.5. The Morgan fingerprint density at radius 3 is 2.61 bits per heavy atom. The van der Waals surface area contributed by atoms with Crippen LogP contribution in [0.15, 0.2) is 46.0 Å². The van der Waals surface area contributed by atoms with Crippen molar-refractivity contribution in [2.45, 2.75) is 20.0 Å². The first-order valence-electron chi connectivity index (χ1n) is 9.40. The number of nitrogens with zero attached hydrogens (tertiary/aromatic N) is 7. The lowest BCUT2D eigenvalue weighted by Gasteiger charge is -2.33. The lowest BCUT2D eigenvalue weighted by atomic mass is 10.2. The standard InChI is InChI=1S/C19H23N7O2/c1-15-21-18(23-28-15)14-25-9-7-24(8-10-25)11-12-26-19(27)5-4-17(22-26)16-3-2-6-20-13-16/h2-6,13H,7-12,14H2,1H3. The van der Waals surface area contributed by atoms with Crippen molar-refractivity contribution in [2.24, 2.45) is 0 Å². The fourth-order valence-corrected chi connectivity index (χ4v) is 3.29. The molecular weight excluding hydrogens is 358 g/mol. The molecule has 1 saturated heterocycles. The summed E-state index contributed by atoms with van der Waals surface area (Å²) >= 11 is 0. The molecule has 146 valence electrons. The number of pyridine rings is 1. The van der Waals surface area contributed by atoms with E-state index in [9.17, 15) is 4.79 Å². The third-order valence-electron chi connectivity index (χ3n) is 4.85. The summed E-state index contributed by atoms with van der Waals surface area (Å²) in [5.74, 6) is 1.33. The number of aryl methyl sites for hydroxylation is 1. The highest BCUT2D eigenvalue weighted by atomic mass is 16.5. The summed E-state index contributed by atoms with van der Waals surface area (Å²) in [5.41, 5.74) is 1.58. The van der Waals surface area contributed by atoms with Crippen molar-refractivity contribution in [1.29, 1.82) is 0 Å². The molecule has 3 aromatic rings. The van der Waals surface area contributed by atoms with Crippen LogP contribution in [0.3, 0.4) is 0 Å². The van der Waals surface area contributed by atoms with Gasteiger partial charge in [0.25, 0.3) is 5.56 Å². The number of piperazine rings is 1. The molecule has 1 fully saturated rings. The van der Waals surface area contributed by atoms with Crippen LogP contribution in [0.1, 0.15) is 11.7 Å². The molecule has 0 unspecified atom stereocenters. The molecule has 0 atom stereocenters. The summed E-state index contributed by atoms with van der Waals surface area (Å²) in [4.78, 5) is 25.2. The Balaban J connectivity index is 1.31. The first-order chi connectivity index (χ1) is 13.7. The van der Waals surface area contributed by atoms with Crippen molar-refractivity contribution in [1.82, 2.24) is 34.7 Å². The maximum absolute atomic E-state index is 12.2. The second-order valence-corrected chi connectivity index (χ2v) is 6.87. The highest BCUT2D eigenvalue weighted by molar-refractivity contribution is 5.56. The van der Waals surface area contributed by atoms with Crippen LogP contribution < -0.4 is 5.56 Å². The van der Waals surface area contributed by atoms with Gasteiger partial charge in [-0.2, -0.15) is 10.1 Å². The largest absolute Gasteiger partial charge is 0.340 e. The Morgan fingerprint density at radius 1 is 1.07 bits per heavy atom. The fourth-order valence-electron chi connectivity index (χ4n) is 3.29. The fraction of sp³-hybridized carbons (Fsp3) is 0.421. The molecule has 9 nitrogen and oxygen atoms in total. The Bertz CT molecular complexity index is 962. The first-order valence-corrected chi connectivity index (χ1v) is 9.40. The van der Waals surface area contributed by atoms with Crippen LogP contribution in [0.2, 0.25) is 0 Å². The van der Waals surface area contributed by atoms with E-state index in [1.54, 1.807) is 31.5 Å². The summed E-state index contributed by atoms with van der Waals surface area (Å²) in [6.07, 6.45) is 3.47. The molecule has 4 heterocycles. The molecule has 0 aliphatic carbocycles. The topological polar surface area (TPSA) is 93.2 Å². The van der Waals surface area contributed by atoms with Gasteiger partial charge in [-0.15, -0.1) is 0 Å². The van der Waals surface area contributed by atoms with Gasteiger partial charge in [-0.1, -0.05) is 5.16 Å². The van der Waals surface area contributed by atoms with Gasteiger partial charge in [-0.05, 0) is 18.2 Å². The molecule has 1 aliphatic rings. The van der Waals surface area contributed by atoms with E-state index in [2.05, 4.69) is 30.0 Å². The van der Waals surface area contributed by atoms with Gasteiger partial charge in [0.15, 0.2) is 5.82 Å². The van der Waals surface area contributed by atoms with E-state index in [0.717, 1.165) is 49.8 Å². The summed E-state index contributed by atoms with van der Waals surface area (Å²) < 4.78 is 6.56. The van der Waals surface area contributed by atoms with Crippen molar-refractivity contribution in [3.63, 3.8) is 0 Å². The monoisotopic (exact) mass is 381 g/mol. The molecule has 0 aromatic carbocycles. The molecular formula is C19H23N7O2. The smallest absolute Gasteiger partial charge is 0.266 e. The van der Waals surface area contributed by atoms with Gasteiger partial charge in [0, 0.05) is 63.7 Å². The van der Waals surface area contributed by atoms with Gasteiger partial charge in [-0.3, -0.25) is 19.6 Å². The van der Waals surface area contributed by atoms with E-state index in [1.165, 1.54) is 4.68 Å². The summed E-state index contributed by atoms with van der Waals surface area (Å²) in [5, 5.41) is 8.46. The molecule has 4 rings (SSSR count). The van der Waals surface area contributed by atoms with Crippen molar-refractivity contribution in [2.75, 3.05) is 32.7 Å². The Morgan fingerprint density at radius 2 is 1.89 bits per heavy atom. The van der Waals surface area contributed by atoms with Gasteiger partial charge in [0.05, 0.1) is 18.8 Å². The minimum Gasteiger partial charge on any atom is -0.340 e. The van der Waals surface area contributed by atoms with Crippen molar-refractivity contribution in [3.05, 3.63) is 58.7 Å². The number of hydrogen-bond donors (Lipinski definition) is 0. The minimum atomic E-state index is -0.0845. The molecule has 0 amide bonds. The quantitative estimate of drug-likeness (QED) is 0.619. The predicted octanol–water partition coefficient (Wildman–Crippen LogP) is 0.815. The van der Waals surface area contributed by atoms with Crippen molar-refractivity contribution < 1.29 is 4.52 Å². The number of rotatable bonds is 6. The SMILES string of the molecule is Cc1nc(CN2CCN(CCn3nc(-c4cccnc4)ccc3=O)CC2)no1. The molecule has 28 heavy (non-hydrogen) atoms. The third-order valence-corrected chi connectivity index (χ3v) is 4.85. The Hall–Kier alpha value is -2.91. The highest BCUT2D eigenvalue weighted by Gasteiger charge is 2.18. The molecule has 3 aromatic heterocycles. The van der Waals surface area contributed by atoms with Crippen LogP contribution >= 0.6 is 0 Å². The van der Waals surface area contributed by atoms with Crippen LogP contribution in [-0.2, 0) is 13.1 Å². The maximum atomic E-state index is 12.2. The molecule has 1 aliphatic heterocycles. The van der Waals surface area contributed by atoms with Crippen LogP contribution in [0.4, 0.5) is 0 Å². The van der Waals surface area contributed by atoms with Gasteiger partial charge < -0.3 is 4.52 Å². The highest BCUT2D eigenvalue weighted by Crippen LogP contribution is 2.13. The lowest BCUT2D eigenvalue weighted by molar-refractivity contribution is 0.120. The van der Waals surface area contributed by atoms with Gasteiger partial charge in [-0.25, -0.2) is 4.68 Å². The average molecular weight is 381 g/mol. The van der Waals surface area contributed by atoms with Gasteiger partial charge in [0.1, 0.15) is 0 Å². The van der Waals surface area contributed by atoms with E-state index in [1.807, 2.05) is 12.1 Å². The van der Waals surface area contributed by atoms with Gasteiger partial charge in [0.2, 0.25) is 5.89 Å². The normalized spacial score (nSPS) is 15.8. The van der Waals surface area contributed by atoms with E-state index < -0.39 is 0 Å². The number of aromatic nitrogens is 5. The summed E-state index contributed by atoms with van der Waals surface area (Å²) in [6, 6.07) is 7.12. The molecule has 9 heteroatoms. The minimum absolute atomic E-state index is 0.0845. The van der Waals surface area contributed by atoms with Crippen LogP contribution in [0, 0.1) is 6.92 Å². The van der Waals surface area contributed by atoms with Crippen molar-refractivity contribution in [3.8, 4) is 11.3 Å². The predicted molar refractivity (Wildman–Crippen MR) is 102 cm³/mol. The zero-order chi connectivity index (χ0) is 19.3. The zero-order valence-corrected chi connectivity index (χ0v) is 15.9. The van der Waals surface area contributed by atoms with Crippen LogP contribution in [0.5, 0.6) is 0 Å². The number of hydrogen-bond acceptors (Lipinski definition) is 8. The van der Waals surface area contributed by atoms with E-state index >= 15 is 0 Å². The second-order valence-electron chi connectivity index (χ2n) is 6.87. The molecule has 0 spiro atoms. The second kappa shape index (κ2) is 8.41.